The Bertz CT molecular complexity index is 1060. The molecule has 164 valence electrons. The fourth-order valence-corrected chi connectivity index (χ4v) is 5.61. The summed E-state index contributed by atoms with van der Waals surface area (Å²) in [7, 11) is 2.10. The van der Waals surface area contributed by atoms with Crippen LogP contribution in [0.3, 0.4) is 0 Å². The lowest BCUT2D eigenvalue weighted by molar-refractivity contribution is -0.121. The molecule has 0 spiro atoms. The van der Waals surface area contributed by atoms with E-state index in [4.69, 9.17) is 11.6 Å². The van der Waals surface area contributed by atoms with E-state index in [0.717, 1.165) is 47.3 Å². The Morgan fingerprint density at radius 1 is 1.26 bits per heavy atom. The highest BCUT2D eigenvalue weighted by Gasteiger charge is 2.21. The first-order valence-corrected chi connectivity index (χ1v) is 12.2. The lowest BCUT2D eigenvalue weighted by atomic mass is 10.0. The number of thiophene rings is 1. The Balaban J connectivity index is 1.43. The Hall–Kier alpha value is -2.00. The van der Waals surface area contributed by atoms with Gasteiger partial charge in [-0.05, 0) is 44.3 Å². The summed E-state index contributed by atoms with van der Waals surface area (Å²) in [5, 5.41) is 5.77. The lowest BCUT2D eigenvalue weighted by Gasteiger charge is -2.36. The molecular formula is C22H24ClFN4OS2. The molecular weight excluding hydrogens is 455 g/mol. The lowest BCUT2D eigenvalue weighted by Crippen LogP contribution is -2.45. The van der Waals surface area contributed by atoms with Crippen molar-refractivity contribution in [2.24, 2.45) is 0 Å². The number of benzene rings is 1. The summed E-state index contributed by atoms with van der Waals surface area (Å²) >= 11 is 8.97. The fraction of sp³-hybridized carbons (Fsp3) is 0.364. The molecule has 3 aromatic rings. The number of hydrogen-bond donors (Lipinski definition) is 1. The zero-order valence-electron chi connectivity index (χ0n) is 17.4. The zero-order valence-corrected chi connectivity index (χ0v) is 19.8. The first kappa shape index (κ1) is 22.2. The second kappa shape index (κ2) is 9.65. The normalized spacial score (nSPS) is 15.8. The van der Waals surface area contributed by atoms with Crippen LogP contribution in [0.2, 0.25) is 4.34 Å². The fourth-order valence-electron chi connectivity index (χ4n) is 3.67. The third-order valence-electron chi connectivity index (χ3n) is 5.35. The number of amides is 1. The number of halogens is 2. The van der Waals surface area contributed by atoms with E-state index in [1.807, 2.05) is 30.5 Å². The number of rotatable bonds is 6. The maximum atomic E-state index is 14.0. The van der Waals surface area contributed by atoms with Gasteiger partial charge < -0.3 is 15.1 Å². The first-order valence-electron chi connectivity index (χ1n) is 10.1. The smallest absolute Gasteiger partial charge is 0.226 e. The summed E-state index contributed by atoms with van der Waals surface area (Å²) in [6.07, 6.45) is 0.180. The highest BCUT2D eigenvalue weighted by atomic mass is 35.5. The summed E-state index contributed by atoms with van der Waals surface area (Å²) in [5.74, 6) is -0.435. The van der Waals surface area contributed by atoms with Crippen molar-refractivity contribution in [3.05, 3.63) is 57.1 Å². The van der Waals surface area contributed by atoms with Crippen molar-refractivity contribution in [3.63, 3.8) is 0 Å². The van der Waals surface area contributed by atoms with Gasteiger partial charge in [-0.15, -0.1) is 22.7 Å². The van der Waals surface area contributed by atoms with E-state index >= 15 is 0 Å². The number of nitrogens with zero attached hydrogens (tertiary/aromatic N) is 3. The molecule has 0 aliphatic carbocycles. The maximum Gasteiger partial charge on any atom is 0.226 e. The third-order valence-corrected chi connectivity index (χ3v) is 7.65. The first-order chi connectivity index (χ1) is 14.9. The standard InChI is InChI=1S/C22H24ClFN4OS2/c1-14(17-11-15(24)3-4-18(17)28-9-7-27(2)8-10-28)25-21(29)12-16-13-30-22(26-16)19-5-6-20(23)31-19/h3-6,11,13-14H,7-10,12H2,1-2H3,(H,25,29). The largest absolute Gasteiger partial charge is 0.369 e. The van der Waals surface area contributed by atoms with Crippen molar-refractivity contribution in [1.82, 2.24) is 15.2 Å². The molecule has 1 amide bonds. The van der Waals surface area contributed by atoms with E-state index in [2.05, 4.69) is 27.1 Å². The van der Waals surface area contributed by atoms with Crippen LogP contribution < -0.4 is 10.2 Å². The predicted octanol–water partition coefficient (Wildman–Crippen LogP) is 4.84. The van der Waals surface area contributed by atoms with Gasteiger partial charge in [-0.3, -0.25) is 4.79 Å². The minimum Gasteiger partial charge on any atom is -0.369 e. The molecule has 2 aromatic heterocycles. The van der Waals surface area contributed by atoms with E-state index in [9.17, 15) is 9.18 Å². The third kappa shape index (κ3) is 5.44. The second-order valence-electron chi connectivity index (χ2n) is 7.71. The van der Waals surface area contributed by atoms with E-state index in [0.29, 0.717) is 10.0 Å². The number of anilines is 1. The average molecular weight is 479 g/mol. The summed E-state index contributed by atoms with van der Waals surface area (Å²) in [5.41, 5.74) is 2.49. The monoisotopic (exact) mass is 478 g/mol. The summed E-state index contributed by atoms with van der Waals surface area (Å²) in [6.45, 7) is 5.57. The molecule has 9 heteroatoms. The van der Waals surface area contributed by atoms with Crippen molar-refractivity contribution in [2.45, 2.75) is 19.4 Å². The highest BCUT2D eigenvalue weighted by molar-refractivity contribution is 7.23. The molecule has 0 saturated carbocycles. The Morgan fingerprint density at radius 3 is 2.74 bits per heavy atom. The van der Waals surface area contributed by atoms with Crippen LogP contribution in [0.5, 0.6) is 0 Å². The molecule has 1 fully saturated rings. The number of carbonyl (C=O) groups is 1. The molecule has 0 bridgehead atoms. The van der Waals surface area contributed by atoms with Crippen molar-refractivity contribution in [3.8, 4) is 9.88 Å². The van der Waals surface area contributed by atoms with Gasteiger partial charge in [-0.1, -0.05) is 11.6 Å². The van der Waals surface area contributed by atoms with Gasteiger partial charge in [0.15, 0.2) is 0 Å². The number of thiazole rings is 1. The molecule has 1 atom stereocenters. The van der Waals surface area contributed by atoms with Crippen LogP contribution in [0.15, 0.2) is 35.7 Å². The van der Waals surface area contributed by atoms with Gasteiger partial charge >= 0.3 is 0 Å². The molecule has 1 N–H and O–H groups in total. The molecule has 0 radical (unpaired) electrons. The molecule has 1 aromatic carbocycles. The van der Waals surface area contributed by atoms with Crippen molar-refractivity contribution < 1.29 is 9.18 Å². The molecule has 3 heterocycles. The van der Waals surface area contributed by atoms with Crippen LogP contribution in [0.25, 0.3) is 9.88 Å². The van der Waals surface area contributed by atoms with Crippen molar-refractivity contribution >= 4 is 45.9 Å². The van der Waals surface area contributed by atoms with Gasteiger partial charge in [0.05, 0.1) is 27.4 Å². The summed E-state index contributed by atoms with van der Waals surface area (Å²) in [6, 6.07) is 8.29. The SMILES string of the molecule is CC(NC(=O)Cc1csc(-c2ccc(Cl)s2)n1)c1cc(F)ccc1N1CCN(C)CC1. The number of likely N-dealkylation sites (N-methyl/N-ethyl adjacent to an activating group) is 1. The Labute approximate surface area is 194 Å². The highest BCUT2D eigenvalue weighted by Crippen LogP contribution is 2.33. The quantitative estimate of drug-likeness (QED) is 0.551. The van der Waals surface area contributed by atoms with Gasteiger partial charge in [0.1, 0.15) is 10.8 Å². The van der Waals surface area contributed by atoms with Crippen LogP contribution in [-0.4, -0.2) is 49.0 Å². The van der Waals surface area contributed by atoms with E-state index in [1.54, 1.807) is 0 Å². The molecule has 1 aliphatic heterocycles. The summed E-state index contributed by atoms with van der Waals surface area (Å²) in [4.78, 5) is 22.8. The number of piperazine rings is 1. The van der Waals surface area contributed by atoms with Gasteiger partial charge in [0.25, 0.3) is 0 Å². The molecule has 31 heavy (non-hydrogen) atoms. The summed E-state index contributed by atoms with van der Waals surface area (Å²) < 4.78 is 14.7. The predicted molar refractivity (Wildman–Crippen MR) is 127 cm³/mol. The average Bonchev–Trinajstić information content (AvgIpc) is 3.37. The molecule has 4 rings (SSSR count). The van der Waals surface area contributed by atoms with Gasteiger partial charge in [0.2, 0.25) is 5.91 Å². The number of hydrogen-bond acceptors (Lipinski definition) is 6. The number of aromatic nitrogens is 1. The van der Waals surface area contributed by atoms with E-state index < -0.39 is 0 Å². The van der Waals surface area contributed by atoms with Crippen molar-refractivity contribution in [2.75, 3.05) is 38.1 Å². The minimum absolute atomic E-state index is 0.137. The van der Waals surface area contributed by atoms with Crippen LogP contribution >= 0.6 is 34.3 Å². The zero-order chi connectivity index (χ0) is 22.0. The number of carbonyl (C=O) groups excluding carboxylic acids is 1. The van der Waals surface area contributed by atoms with Crippen LogP contribution in [0.4, 0.5) is 10.1 Å². The Morgan fingerprint density at radius 2 is 2.03 bits per heavy atom. The van der Waals surface area contributed by atoms with E-state index in [-0.39, 0.29) is 24.2 Å². The van der Waals surface area contributed by atoms with E-state index in [1.165, 1.54) is 34.8 Å². The van der Waals surface area contributed by atoms with Crippen LogP contribution in [0, 0.1) is 5.82 Å². The second-order valence-corrected chi connectivity index (χ2v) is 10.3. The number of nitrogens with one attached hydrogen (secondary N) is 1. The topological polar surface area (TPSA) is 48.5 Å². The molecule has 1 unspecified atom stereocenters. The minimum atomic E-state index is -0.313. The van der Waals surface area contributed by atoms with Crippen LogP contribution in [-0.2, 0) is 11.2 Å². The van der Waals surface area contributed by atoms with Gasteiger partial charge in [0, 0.05) is 42.8 Å². The maximum absolute atomic E-state index is 14.0. The Kier molecular flexibility index (Phi) is 6.91. The van der Waals surface area contributed by atoms with Gasteiger partial charge in [-0.25, -0.2) is 9.37 Å². The van der Waals surface area contributed by atoms with Crippen molar-refractivity contribution in [1.29, 1.82) is 0 Å². The molecule has 1 aliphatic rings. The van der Waals surface area contributed by atoms with Gasteiger partial charge in [-0.2, -0.15) is 0 Å². The van der Waals surface area contributed by atoms with Crippen LogP contribution in [0.1, 0.15) is 24.2 Å². The molecule has 1 saturated heterocycles. The molecule has 5 nitrogen and oxygen atoms in total.